The van der Waals surface area contributed by atoms with E-state index in [1.807, 2.05) is 30.3 Å². The van der Waals surface area contributed by atoms with Crippen LogP contribution in [0.5, 0.6) is 0 Å². The molecular weight excluding hydrogens is 164 g/mol. The Labute approximate surface area is 75.7 Å². The molecule has 0 unspecified atom stereocenters. The Balaban J connectivity index is 2.52. The quantitative estimate of drug-likeness (QED) is 0.646. The van der Waals surface area contributed by atoms with Crippen LogP contribution in [0.3, 0.4) is 0 Å². The van der Waals surface area contributed by atoms with Gasteiger partial charge in [0, 0.05) is 18.1 Å². The average Bonchev–Trinajstić information content (AvgIpc) is 2.67. The summed E-state index contributed by atoms with van der Waals surface area (Å²) < 4.78 is 1.74. The third kappa shape index (κ3) is 1.36. The van der Waals surface area contributed by atoms with Crippen LogP contribution in [-0.2, 0) is 0 Å². The summed E-state index contributed by atoms with van der Waals surface area (Å²) in [6.07, 6.45) is 4.11. The second-order valence-corrected chi connectivity index (χ2v) is 2.61. The zero-order chi connectivity index (χ0) is 9.10. The SMILES string of the molecule is O=Cc1nccn1-c1ccccc1. The molecule has 0 saturated heterocycles. The van der Waals surface area contributed by atoms with Crippen LogP contribution >= 0.6 is 0 Å². The van der Waals surface area contributed by atoms with Crippen LogP contribution in [0.1, 0.15) is 10.6 Å². The summed E-state index contributed by atoms with van der Waals surface area (Å²) in [6.45, 7) is 0. The molecule has 2 aromatic rings. The molecule has 0 fully saturated rings. The Morgan fingerprint density at radius 3 is 2.69 bits per heavy atom. The van der Waals surface area contributed by atoms with E-state index in [0.29, 0.717) is 5.82 Å². The fraction of sp³-hybridized carbons (Fsp3) is 0. The van der Waals surface area contributed by atoms with E-state index in [-0.39, 0.29) is 0 Å². The number of hydrogen-bond acceptors (Lipinski definition) is 2. The number of para-hydroxylation sites is 1. The normalized spacial score (nSPS) is 9.85. The first-order chi connectivity index (χ1) is 6.42. The highest BCUT2D eigenvalue weighted by atomic mass is 16.1. The molecule has 1 heterocycles. The van der Waals surface area contributed by atoms with Crippen LogP contribution in [0.15, 0.2) is 42.7 Å². The third-order valence-corrected chi connectivity index (χ3v) is 1.81. The van der Waals surface area contributed by atoms with Crippen LogP contribution in [-0.4, -0.2) is 15.8 Å². The van der Waals surface area contributed by atoms with Gasteiger partial charge in [0.1, 0.15) is 0 Å². The van der Waals surface area contributed by atoms with Gasteiger partial charge in [-0.05, 0) is 12.1 Å². The first-order valence-corrected chi connectivity index (χ1v) is 3.96. The molecule has 64 valence electrons. The maximum absolute atomic E-state index is 10.6. The molecule has 2 rings (SSSR count). The van der Waals surface area contributed by atoms with Gasteiger partial charge in [0.15, 0.2) is 12.1 Å². The second kappa shape index (κ2) is 3.23. The fourth-order valence-corrected chi connectivity index (χ4v) is 1.21. The highest BCUT2D eigenvalue weighted by molar-refractivity contribution is 5.70. The molecule has 0 bridgehead atoms. The van der Waals surface area contributed by atoms with E-state index in [1.54, 1.807) is 17.0 Å². The molecule has 0 saturated carbocycles. The number of benzene rings is 1. The minimum Gasteiger partial charge on any atom is -0.298 e. The van der Waals surface area contributed by atoms with Crippen molar-refractivity contribution in [2.24, 2.45) is 0 Å². The molecule has 0 aliphatic rings. The highest BCUT2D eigenvalue weighted by Crippen LogP contribution is 2.07. The van der Waals surface area contributed by atoms with Gasteiger partial charge in [-0.2, -0.15) is 0 Å². The summed E-state index contributed by atoms with van der Waals surface area (Å²) in [6, 6.07) is 9.62. The number of rotatable bonds is 2. The molecule has 0 aliphatic carbocycles. The minimum absolute atomic E-state index is 0.422. The van der Waals surface area contributed by atoms with Gasteiger partial charge < -0.3 is 0 Å². The van der Waals surface area contributed by atoms with Crippen LogP contribution in [0.2, 0.25) is 0 Å². The molecule has 0 spiro atoms. The summed E-state index contributed by atoms with van der Waals surface area (Å²) in [4.78, 5) is 14.5. The van der Waals surface area contributed by atoms with Crippen LogP contribution in [0, 0.1) is 0 Å². The van der Waals surface area contributed by atoms with Crippen LogP contribution in [0.4, 0.5) is 0 Å². The standard InChI is InChI=1S/C10H8N2O/c13-8-10-11-6-7-12(10)9-4-2-1-3-5-9/h1-8H. The highest BCUT2D eigenvalue weighted by Gasteiger charge is 2.01. The first kappa shape index (κ1) is 7.73. The van der Waals surface area contributed by atoms with Crippen molar-refractivity contribution in [2.45, 2.75) is 0 Å². The maximum Gasteiger partial charge on any atom is 0.185 e. The van der Waals surface area contributed by atoms with E-state index < -0.39 is 0 Å². The lowest BCUT2D eigenvalue weighted by molar-refractivity contribution is 0.111. The monoisotopic (exact) mass is 172 g/mol. The van der Waals surface area contributed by atoms with E-state index in [1.165, 1.54) is 0 Å². The van der Waals surface area contributed by atoms with E-state index >= 15 is 0 Å². The van der Waals surface area contributed by atoms with E-state index in [0.717, 1.165) is 12.0 Å². The Morgan fingerprint density at radius 2 is 2.00 bits per heavy atom. The summed E-state index contributed by atoms with van der Waals surface area (Å²) in [5, 5.41) is 0. The van der Waals surface area contributed by atoms with Gasteiger partial charge in [-0.3, -0.25) is 9.36 Å². The van der Waals surface area contributed by atoms with E-state index in [4.69, 9.17) is 0 Å². The molecule has 0 aliphatic heterocycles. The first-order valence-electron chi connectivity index (χ1n) is 3.96. The van der Waals surface area contributed by atoms with Crippen molar-refractivity contribution in [1.82, 2.24) is 9.55 Å². The smallest absolute Gasteiger partial charge is 0.185 e. The number of imidazole rings is 1. The van der Waals surface area contributed by atoms with Crippen molar-refractivity contribution < 1.29 is 4.79 Å². The van der Waals surface area contributed by atoms with Crippen LogP contribution in [0.25, 0.3) is 5.69 Å². The van der Waals surface area contributed by atoms with Crippen molar-refractivity contribution in [3.05, 3.63) is 48.5 Å². The van der Waals surface area contributed by atoms with Crippen LogP contribution < -0.4 is 0 Å². The Morgan fingerprint density at radius 1 is 1.23 bits per heavy atom. The Kier molecular flexibility index (Phi) is 1.92. The summed E-state index contributed by atoms with van der Waals surface area (Å²) >= 11 is 0. The summed E-state index contributed by atoms with van der Waals surface area (Å²) in [7, 11) is 0. The molecule has 3 nitrogen and oxygen atoms in total. The fourth-order valence-electron chi connectivity index (χ4n) is 1.21. The summed E-state index contributed by atoms with van der Waals surface area (Å²) in [5.74, 6) is 0.422. The topological polar surface area (TPSA) is 34.9 Å². The molecule has 3 heteroatoms. The Bertz CT molecular complexity index is 406. The molecule has 0 amide bonds. The Hall–Kier alpha value is -1.90. The molecule has 1 aromatic carbocycles. The number of hydrogen-bond donors (Lipinski definition) is 0. The predicted molar refractivity (Wildman–Crippen MR) is 49.0 cm³/mol. The van der Waals surface area contributed by atoms with E-state index in [9.17, 15) is 4.79 Å². The van der Waals surface area contributed by atoms with Gasteiger partial charge in [0.05, 0.1) is 0 Å². The minimum atomic E-state index is 0.422. The zero-order valence-corrected chi connectivity index (χ0v) is 6.92. The number of carbonyl (C=O) groups is 1. The molecule has 0 N–H and O–H groups in total. The lowest BCUT2D eigenvalue weighted by atomic mass is 10.3. The number of nitrogens with zero attached hydrogens (tertiary/aromatic N) is 2. The van der Waals surface area contributed by atoms with Crippen molar-refractivity contribution in [3.8, 4) is 5.69 Å². The third-order valence-electron chi connectivity index (χ3n) is 1.81. The molecule has 0 atom stereocenters. The number of aldehydes is 1. The largest absolute Gasteiger partial charge is 0.298 e. The average molecular weight is 172 g/mol. The number of aromatic nitrogens is 2. The maximum atomic E-state index is 10.6. The lowest BCUT2D eigenvalue weighted by Crippen LogP contribution is -1.97. The van der Waals surface area contributed by atoms with E-state index in [2.05, 4.69) is 4.98 Å². The molecule has 1 aromatic heterocycles. The van der Waals surface area contributed by atoms with Crippen molar-refractivity contribution in [2.75, 3.05) is 0 Å². The van der Waals surface area contributed by atoms with Crippen molar-refractivity contribution in [3.63, 3.8) is 0 Å². The molecular formula is C10H8N2O. The molecule has 13 heavy (non-hydrogen) atoms. The van der Waals surface area contributed by atoms with Gasteiger partial charge in [-0.15, -0.1) is 0 Å². The zero-order valence-electron chi connectivity index (χ0n) is 6.92. The van der Waals surface area contributed by atoms with Crippen molar-refractivity contribution in [1.29, 1.82) is 0 Å². The van der Waals surface area contributed by atoms with Gasteiger partial charge in [0.2, 0.25) is 0 Å². The number of carbonyl (C=O) groups excluding carboxylic acids is 1. The predicted octanol–water partition coefficient (Wildman–Crippen LogP) is 1.68. The van der Waals surface area contributed by atoms with Gasteiger partial charge in [-0.25, -0.2) is 4.98 Å². The van der Waals surface area contributed by atoms with Gasteiger partial charge >= 0.3 is 0 Å². The summed E-state index contributed by atoms with van der Waals surface area (Å²) in [5.41, 5.74) is 0.946. The van der Waals surface area contributed by atoms with Gasteiger partial charge in [0.25, 0.3) is 0 Å². The second-order valence-electron chi connectivity index (χ2n) is 2.61. The van der Waals surface area contributed by atoms with Crippen molar-refractivity contribution >= 4 is 6.29 Å². The van der Waals surface area contributed by atoms with Gasteiger partial charge in [-0.1, -0.05) is 18.2 Å². The molecule has 0 radical (unpaired) electrons. The lowest BCUT2D eigenvalue weighted by Gasteiger charge is -2.01.